The normalized spacial score (nSPS) is 15.0. The van der Waals surface area contributed by atoms with Gasteiger partial charge in [0.05, 0.1) is 17.6 Å². The first-order valence-corrected chi connectivity index (χ1v) is 9.36. The Morgan fingerprint density at radius 2 is 1.96 bits per heavy atom. The molecule has 138 valence electrons. The summed E-state index contributed by atoms with van der Waals surface area (Å²) in [7, 11) is 0. The molecule has 0 aliphatic carbocycles. The Balaban J connectivity index is 1.60. The summed E-state index contributed by atoms with van der Waals surface area (Å²) in [5.41, 5.74) is 2.70. The molecule has 1 fully saturated rings. The number of benzene rings is 2. The number of nitrogens with zero attached hydrogens (tertiary/aromatic N) is 1. The number of rotatable bonds is 7. The molecule has 0 atom stereocenters. The third-order valence-corrected chi connectivity index (χ3v) is 4.78. The van der Waals surface area contributed by atoms with Crippen LogP contribution in [0.25, 0.3) is 0 Å². The average molecular weight is 421 g/mol. The molecule has 26 heavy (non-hydrogen) atoms. The Kier molecular flexibility index (Phi) is 6.60. The second-order valence-corrected chi connectivity index (χ2v) is 7.13. The van der Waals surface area contributed by atoms with E-state index >= 15 is 0 Å². The van der Waals surface area contributed by atoms with E-state index in [0.29, 0.717) is 18.8 Å². The maximum atomic E-state index is 11.2. The van der Waals surface area contributed by atoms with Gasteiger partial charge >= 0.3 is 0 Å². The number of nitro benzene ring substituents is 1. The first kappa shape index (κ1) is 18.8. The third kappa shape index (κ3) is 5.27. The van der Waals surface area contributed by atoms with E-state index in [9.17, 15) is 10.1 Å². The predicted octanol–water partition coefficient (Wildman–Crippen LogP) is 4.67. The second kappa shape index (κ2) is 9.12. The van der Waals surface area contributed by atoms with E-state index < -0.39 is 0 Å². The lowest BCUT2D eigenvalue weighted by atomic mass is 10.1. The molecule has 2 aromatic carbocycles. The number of nitro groups is 1. The highest BCUT2D eigenvalue weighted by Gasteiger charge is 2.15. The SMILES string of the molecule is O=[N+]([O-])c1ccc(Br)cc1NCc1cccc(COC2CCOCC2)c1. The minimum atomic E-state index is -0.382. The van der Waals surface area contributed by atoms with Crippen LogP contribution in [0.15, 0.2) is 46.9 Å². The van der Waals surface area contributed by atoms with Gasteiger partial charge in [-0.2, -0.15) is 0 Å². The van der Waals surface area contributed by atoms with Crippen molar-refractivity contribution in [1.29, 1.82) is 0 Å². The van der Waals surface area contributed by atoms with E-state index in [0.717, 1.165) is 41.7 Å². The number of hydrogen-bond acceptors (Lipinski definition) is 5. The van der Waals surface area contributed by atoms with Crippen molar-refractivity contribution >= 4 is 27.3 Å². The van der Waals surface area contributed by atoms with Crippen LogP contribution in [0, 0.1) is 10.1 Å². The molecule has 1 aliphatic rings. The van der Waals surface area contributed by atoms with Crippen molar-refractivity contribution in [2.24, 2.45) is 0 Å². The van der Waals surface area contributed by atoms with Crippen LogP contribution >= 0.6 is 15.9 Å². The first-order valence-electron chi connectivity index (χ1n) is 8.57. The molecule has 7 heteroatoms. The molecule has 0 amide bonds. The van der Waals surface area contributed by atoms with Crippen LogP contribution < -0.4 is 5.32 Å². The zero-order valence-corrected chi connectivity index (χ0v) is 15.9. The molecular formula is C19H21BrN2O4. The van der Waals surface area contributed by atoms with Crippen molar-refractivity contribution < 1.29 is 14.4 Å². The Morgan fingerprint density at radius 3 is 2.73 bits per heavy atom. The highest BCUT2D eigenvalue weighted by atomic mass is 79.9. The van der Waals surface area contributed by atoms with E-state index in [-0.39, 0.29) is 16.7 Å². The van der Waals surface area contributed by atoms with Crippen LogP contribution in [0.3, 0.4) is 0 Å². The summed E-state index contributed by atoms with van der Waals surface area (Å²) >= 11 is 3.35. The molecule has 0 aromatic heterocycles. The Hall–Kier alpha value is -1.96. The van der Waals surface area contributed by atoms with Gasteiger partial charge < -0.3 is 14.8 Å². The van der Waals surface area contributed by atoms with E-state index in [1.807, 2.05) is 18.2 Å². The molecule has 1 aliphatic heterocycles. The molecule has 0 radical (unpaired) electrons. The molecule has 0 unspecified atom stereocenters. The van der Waals surface area contributed by atoms with Gasteiger partial charge in [-0.05, 0) is 36.1 Å². The lowest BCUT2D eigenvalue weighted by Gasteiger charge is -2.22. The van der Waals surface area contributed by atoms with Crippen molar-refractivity contribution in [3.8, 4) is 0 Å². The molecule has 0 saturated carbocycles. The lowest BCUT2D eigenvalue weighted by molar-refractivity contribution is -0.384. The maximum absolute atomic E-state index is 11.2. The zero-order valence-electron chi connectivity index (χ0n) is 14.3. The minimum Gasteiger partial charge on any atom is -0.381 e. The van der Waals surface area contributed by atoms with Crippen LogP contribution in [-0.2, 0) is 22.6 Å². The van der Waals surface area contributed by atoms with E-state index in [4.69, 9.17) is 9.47 Å². The Morgan fingerprint density at radius 1 is 1.19 bits per heavy atom. The fourth-order valence-corrected chi connectivity index (χ4v) is 3.25. The summed E-state index contributed by atoms with van der Waals surface area (Å²) in [4.78, 5) is 10.8. The van der Waals surface area contributed by atoms with Crippen LogP contribution in [0.5, 0.6) is 0 Å². The fourth-order valence-electron chi connectivity index (χ4n) is 2.89. The summed E-state index contributed by atoms with van der Waals surface area (Å²) < 4.78 is 12.1. The number of halogens is 1. The van der Waals surface area contributed by atoms with Crippen molar-refractivity contribution in [3.05, 3.63) is 68.2 Å². The number of nitrogens with one attached hydrogen (secondary N) is 1. The van der Waals surface area contributed by atoms with Crippen molar-refractivity contribution in [2.45, 2.75) is 32.1 Å². The van der Waals surface area contributed by atoms with Crippen molar-refractivity contribution in [1.82, 2.24) is 0 Å². The van der Waals surface area contributed by atoms with Crippen LogP contribution in [0.2, 0.25) is 0 Å². The molecule has 6 nitrogen and oxygen atoms in total. The highest BCUT2D eigenvalue weighted by Crippen LogP contribution is 2.28. The van der Waals surface area contributed by atoms with E-state index in [2.05, 4.69) is 27.3 Å². The summed E-state index contributed by atoms with van der Waals surface area (Å²) in [6.07, 6.45) is 2.14. The average Bonchev–Trinajstić information content (AvgIpc) is 2.66. The summed E-state index contributed by atoms with van der Waals surface area (Å²) in [6.45, 7) is 2.60. The van der Waals surface area contributed by atoms with Gasteiger partial charge in [-0.1, -0.05) is 40.2 Å². The Labute approximate surface area is 160 Å². The summed E-state index contributed by atoms with van der Waals surface area (Å²) in [6, 6.07) is 12.9. The van der Waals surface area contributed by atoms with Gasteiger partial charge in [-0.15, -0.1) is 0 Å². The highest BCUT2D eigenvalue weighted by molar-refractivity contribution is 9.10. The summed E-state index contributed by atoms with van der Waals surface area (Å²) in [5.74, 6) is 0. The van der Waals surface area contributed by atoms with Crippen LogP contribution in [-0.4, -0.2) is 24.2 Å². The third-order valence-electron chi connectivity index (χ3n) is 4.28. The number of hydrogen-bond donors (Lipinski definition) is 1. The standard InChI is InChI=1S/C19H21BrN2O4/c20-16-4-5-19(22(23)24)18(11-16)21-12-14-2-1-3-15(10-14)13-26-17-6-8-25-9-7-17/h1-5,10-11,17,21H,6-9,12-13H2. The molecule has 1 heterocycles. The molecule has 0 spiro atoms. The number of anilines is 1. The molecule has 3 rings (SSSR count). The first-order chi connectivity index (χ1) is 12.6. The van der Waals surface area contributed by atoms with Gasteiger partial charge in [0.15, 0.2) is 0 Å². The van der Waals surface area contributed by atoms with Gasteiger partial charge in [0.2, 0.25) is 0 Å². The smallest absolute Gasteiger partial charge is 0.292 e. The quantitative estimate of drug-likeness (QED) is 0.520. The van der Waals surface area contributed by atoms with Gasteiger partial charge in [0.25, 0.3) is 5.69 Å². The zero-order chi connectivity index (χ0) is 18.4. The molecule has 0 bridgehead atoms. The second-order valence-electron chi connectivity index (χ2n) is 6.21. The fraction of sp³-hybridized carbons (Fsp3) is 0.368. The van der Waals surface area contributed by atoms with Gasteiger partial charge in [0.1, 0.15) is 5.69 Å². The van der Waals surface area contributed by atoms with Gasteiger partial charge in [-0.3, -0.25) is 10.1 Å². The van der Waals surface area contributed by atoms with Crippen LogP contribution in [0.1, 0.15) is 24.0 Å². The molecule has 1 saturated heterocycles. The van der Waals surface area contributed by atoms with Crippen molar-refractivity contribution in [2.75, 3.05) is 18.5 Å². The maximum Gasteiger partial charge on any atom is 0.292 e. The van der Waals surface area contributed by atoms with Gasteiger partial charge in [-0.25, -0.2) is 0 Å². The topological polar surface area (TPSA) is 73.6 Å². The van der Waals surface area contributed by atoms with Gasteiger partial charge in [0, 0.05) is 30.3 Å². The largest absolute Gasteiger partial charge is 0.381 e. The van der Waals surface area contributed by atoms with Crippen LogP contribution in [0.4, 0.5) is 11.4 Å². The molecular weight excluding hydrogens is 400 g/mol. The van der Waals surface area contributed by atoms with E-state index in [1.165, 1.54) is 6.07 Å². The number of ether oxygens (including phenoxy) is 2. The molecule has 2 aromatic rings. The summed E-state index contributed by atoms with van der Waals surface area (Å²) in [5, 5.41) is 14.3. The predicted molar refractivity (Wildman–Crippen MR) is 103 cm³/mol. The Bertz CT molecular complexity index is 763. The van der Waals surface area contributed by atoms with E-state index in [1.54, 1.807) is 12.1 Å². The minimum absolute atomic E-state index is 0.0622. The lowest BCUT2D eigenvalue weighted by Crippen LogP contribution is -2.23. The monoisotopic (exact) mass is 420 g/mol. The molecule has 1 N–H and O–H groups in total. The van der Waals surface area contributed by atoms with Crippen molar-refractivity contribution in [3.63, 3.8) is 0 Å².